The lowest BCUT2D eigenvalue weighted by molar-refractivity contribution is 0.133. The van der Waals surface area contributed by atoms with Crippen molar-refractivity contribution >= 4 is 16.5 Å². The SMILES string of the molecule is CCCCOCCNCc1cnc(N(CC)CC)s1. The summed E-state index contributed by atoms with van der Waals surface area (Å²) in [6.07, 6.45) is 4.33. The summed E-state index contributed by atoms with van der Waals surface area (Å²) in [6.45, 7) is 12.0. The number of nitrogens with zero attached hydrogens (tertiary/aromatic N) is 2. The third kappa shape index (κ3) is 6.36. The first kappa shape index (κ1) is 16.4. The molecule has 0 aliphatic heterocycles. The summed E-state index contributed by atoms with van der Waals surface area (Å²) in [5.41, 5.74) is 0. The summed E-state index contributed by atoms with van der Waals surface area (Å²) in [7, 11) is 0. The highest BCUT2D eigenvalue weighted by molar-refractivity contribution is 7.15. The van der Waals surface area contributed by atoms with Crippen molar-refractivity contribution in [2.75, 3.05) is 37.7 Å². The summed E-state index contributed by atoms with van der Waals surface area (Å²) in [4.78, 5) is 8.04. The van der Waals surface area contributed by atoms with Crippen LogP contribution in [-0.2, 0) is 11.3 Å². The van der Waals surface area contributed by atoms with Gasteiger partial charge in [0.2, 0.25) is 0 Å². The van der Waals surface area contributed by atoms with Gasteiger partial charge >= 0.3 is 0 Å². The number of rotatable bonds is 11. The monoisotopic (exact) mass is 285 g/mol. The predicted molar refractivity (Wildman–Crippen MR) is 83.1 cm³/mol. The van der Waals surface area contributed by atoms with Gasteiger partial charge in [0.1, 0.15) is 0 Å². The van der Waals surface area contributed by atoms with Gasteiger partial charge in [-0.3, -0.25) is 0 Å². The smallest absolute Gasteiger partial charge is 0.185 e. The Labute approximate surface area is 121 Å². The lowest BCUT2D eigenvalue weighted by Crippen LogP contribution is -2.21. The molecule has 0 aliphatic rings. The molecule has 1 heterocycles. The molecule has 0 saturated heterocycles. The zero-order valence-corrected chi connectivity index (χ0v) is 13.3. The Morgan fingerprint density at radius 3 is 2.74 bits per heavy atom. The van der Waals surface area contributed by atoms with Gasteiger partial charge in [-0.1, -0.05) is 13.3 Å². The number of thiazole rings is 1. The van der Waals surface area contributed by atoms with E-state index in [-0.39, 0.29) is 0 Å². The zero-order chi connectivity index (χ0) is 13.9. The number of aromatic nitrogens is 1. The molecule has 4 nitrogen and oxygen atoms in total. The van der Waals surface area contributed by atoms with E-state index in [4.69, 9.17) is 4.74 Å². The molecule has 0 saturated carbocycles. The molecule has 0 bridgehead atoms. The molecule has 1 N–H and O–H groups in total. The van der Waals surface area contributed by atoms with Crippen LogP contribution in [0.3, 0.4) is 0 Å². The Bertz CT molecular complexity index is 326. The number of unbranched alkanes of at least 4 members (excludes halogenated alkanes) is 1. The van der Waals surface area contributed by atoms with Crippen molar-refractivity contribution in [1.29, 1.82) is 0 Å². The minimum Gasteiger partial charge on any atom is -0.380 e. The van der Waals surface area contributed by atoms with Crippen molar-refractivity contribution in [2.24, 2.45) is 0 Å². The molecule has 1 rings (SSSR count). The Morgan fingerprint density at radius 1 is 1.26 bits per heavy atom. The summed E-state index contributed by atoms with van der Waals surface area (Å²) in [6, 6.07) is 0. The van der Waals surface area contributed by atoms with Gasteiger partial charge < -0.3 is 15.0 Å². The zero-order valence-electron chi connectivity index (χ0n) is 12.4. The van der Waals surface area contributed by atoms with Crippen LogP contribution in [0.1, 0.15) is 38.5 Å². The highest BCUT2D eigenvalue weighted by Gasteiger charge is 2.07. The van der Waals surface area contributed by atoms with Gasteiger partial charge in [-0.15, -0.1) is 11.3 Å². The molecule has 19 heavy (non-hydrogen) atoms. The van der Waals surface area contributed by atoms with E-state index in [1.54, 1.807) is 11.3 Å². The molecule has 0 aromatic carbocycles. The Balaban J connectivity index is 2.16. The molecule has 0 spiro atoms. The molecule has 0 fully saturated rings. The van der Waals surface area contributed by atoms with E-state index in [9.17, 15) is 0 Å². The number of hydrogen-bond acceptors (Lipinski definition) is 5. The first-order valence-electron chi connectivity index (χ1n) is 7.29. The van der Waals surface area contributed by atoms with E-state index in [1.807, 2.05) is 6.20 Å². The maximum atomic E-state index is 5.51. The third-order valence-corrected chi connectivity index (χ3v) is 4.00. The van der Waals surface area contributed by atoms with Crippen molar-refractivity contribution < 1.29 is 4.74 Å². The Morgan fingerprint density at radius 2 is 2.05 bits per heavy atom. The summed E-state index contributed by atoms with van der Waals surface area (Å²) in [5, 5.41) is 4.52. The number of nitrogens with one attached hydrogen (secondary N) is 1. The van der Waals surface area contributed by atoms with E-state index < -0.39 is 0 Å². The minimum atomic E-state index is 0.793. The van der Waals surface area contributed by atoms with E-state index in [1.165, 1.54) is 11.3 Å². The van der Waals surface area contributed by atoms with Crippen LogP contribution in [-0.4, -0.2) is 37.8 Å². The Kier molecular flexibility index (Phi) is 8.79. The van der Waals surface area contributed by atoms with E-state index in [0.29, 0.717) is 0 Å². The number of ether oxygens (including phenoxy) is 1. The van der Waals surface area contributed by atoms with Crippen LogP contribution in [0.15, 0.2) is 6.20 Å². The van der Waals surface area contributed by atoms with E-state index >= 15 is 0 Å². The van der Waals surface area contributed by atoms with Crippen molar-refractivity contribution in [1.82, 2.24) is 10.3 Å². The van der Waals surface area contributed by atoms with Crippen LogP contribution in [0.25, 0.3) is 0 Å². The standard InChI is InChI=1S/C14H27N3OS/c1-4-7-9-18-10-8-15-11-13-12-16-14(19-13)17(5-2)6-3/h12,15H,4-11H2,1-3H3. The van der Waals surface area contributed by atoms with E-state index in [0.717, 1.165) is 50.9 Å². The highest BCUT2D eigenvalue weighted by atomic mass is 32.1. The summed E-state index contributed by atoms with van der Waals surface area (Å²) < 4.78 is 5.51. The molecular weight excluding hydrogens is 258 g/mol. The van der Waals surface area contributed by atoms with Crippen molar-refractivity contribution in [2.45, 2.75) is 40.2 Å². The molecular formula is C14H27N3OS. The first-order valence-corrected chi connectivity index (χ1v) is 8.11. The summed E-state index contributed by atoms with van der Waals surface area (Å²) >= 11 is 1.77. The largest absolute Gasteiger partial charge is 0.380 e. The minimum absolute atomic E-state index is 0.793. The second-order valence-corrected chi connectivity index (χ2v) is 5.52. The fraction of sp³-hybridized carbons (Fsp3) is 0.786. The summed E-state index contributed by atoms with van der Waals surface area (Å²) in [5.74, 6) is 0. The lowest BCUT2D eigenvalue weighted by atomic mass is 10.4. The fourth-order valence-electron chi connectivity index (χ4n) is 1.72. The van der Waals surface area contributed by atoms with Crippen LogP contribution < -0.4 is 10.2 Å². The Hall–Kier alpha value is -0.650. The average Bonchev–Trinajstić information content (AvgIpc) is 2.88. The van der Waals surface area contributed by atoms with Gasteiger partial charge in [0, 0.05) is 43.9 Å². The lowest BCUT2D eigenvalue weighted by Gasteiger charge is -2.16. The molecule has 0 aliphatic carbocycles. The quantitative estimate of drug-likeness (QED) is 0.634. The number of anilines is 1. The van der Waals surface area contributed by atoms with Crippen LogP contribution in [0.4, 0.5) is 5.13 Å². The molecule has 110 valence electrons. The third-order valence-electron chi connectivity index (χ3n) is 2.94. The molecule has 0 radical (unpaired) electrons. The van der Waals surface area contributed by atoms with Crippen molar-refractivity contribution in [3.05, 3.63) is 11.1 Å². The molecule has 0 amide bonds. The molecule has 0 unspecified atom stereocenters. The van der Waals surface area contributed by atoms with Gasteiger partial charge in [0.15, 0.2) is 5.13 Å². The van der Waals surface area contributed by atoms with E-state index in [2.05, 4.69) is 36.0 Å². The molecule has 0 atom stereocenters. The van der Waals surface area contributed by atoms with Crippen molar-refractivity contribution in [3.8, 4) is 0 Å². The fourth-order valence-corrected chi connectivity index (χ4v) is 2.73. The van der Waals surface area contributed by atoms with Crippen LogP contribution in [0, 0.1) is 0 Å². The van der Waals surface area contributed by atoms with Gasteiger partial charge in [0.25, 0.3) is 0 Å². The normalized spacial score (nSPS) is 10.9. The maximum Gasteiger partial charge on any atom is 0.185 e. The van der Waals surface area contributed by atoms with Gasteiger partial charge in [-0.2, -0.15) is 0 Å². The van der Waals surface area contributed by atoms with Gasteiger partial charge in [0.05, 0.1) is 6.61 Å². The second-order valence-electron chi connectivity index (χ2n) is 4.42. The molecule has 5 heteroatoms. The van der Waals surface area contributed by atoms with Crippen LogP contribution >= 0.6 is 11.3 Å². The van der Waals surface area contributed by atoms with Crippen LogP contribution in [0.5, 0.6) is 0 Å². The first-order chi connectivity index (χ1) is 9.31. The van der Waals surface area contributed by atoms with Crippen molar-refractivity contribution in [3.63, 3.8) is 0 Å². The predicted octanol–water partition coefficient (Wildman–Crippen LogP) is 2.90. The number of hydrogen-bond donors (Lipinski definition) is 1. The second kappa shape index (κ2) is 10.2. The van der Waals surface area contributed by atoms with Gasteiger partial charge in [-0.05, 0) is 20.3 Å². The highest BCUT2D eigenvalue weighted by Crippen LogP contribution is 2.21. The topological polar surface area (TPSA) is 37.4 Å². The molecule has 1 aromatic heterocycles. The average molecular weight is 285 g/mol. The van der Waals surface area contributed by atoms with Crippen LogP contribution in [0.2, 0.25) is 0 Å². The molecule has 1 aromatic rings. The maximum absolute atomic E-state index is 5.51. The van der Waals surface area contributed by atoms with Gasteiger partial charge in [-0.25, -0.2) is 4.98 Å².